The van der Waals surface area contributed by atoms with Gasteiger partial charge in [-0.2, -0.15) is 0 Å². The van der Waals surface area contributed by atoms with Crippen LogP contribution in [0.2, 0.25) is 5.15 Å². The first-order valence-corrected chi connectivity index (χ1v) is 12.9. The minimum atomic E-state index is -1.33. The van der Waals surface area contributed by atoms with Crippen LogP contribution in [0.5, 0.6) is 0 Å². The predicted octanol–water partition coefficient (Wildman–Crippen LogP) is 4.90. The van der Waals surface area contributed by atoms with Gasteiger partial charge in [-0.3, -0.25) is 14.5 Å². The van der Waals surface area contributed by atoms with E-state index in [1.165, 1.54) is 12.1 Å². The van der Waals surface area contributed by atoms with E-state index in [4.69, 9.17) is 16.3 Å². The number of carbonyl (C=O) groups is 2. The number of nitrogens with one attached hydrogen (secondary N) is 2. The van der Waals surface area contributed by atoms with E-state index in [9.17, 15) is 14.0 Å². The van der Waals surface area contributed by atoms with Gasteiger partial charge in [-0.15, -0.1) is 0 Å². The summed E-state index contributed by atoms with van der Waals surface area (Å²) in [4.78, 5) is 35.3. The number of hydrogen-bond acceptors (Lipinski definition) is 5. The molecule has 1 amide bonds. The molecule has 38 heavy (non-hydrogen) atoms. The number of rotatable bonds is 9. The van der Waals surface area contributed by atoms with Crippen molar-refractivity contribution in [2.24, 2.45) is 0 Å². The lowest BCUT2D eigenvalue weighted by molar-refractivity contribution is -0.123. The number of aldehydes is 1. The van der Waals surface area contributed by atoms with Crippen molar-refractivity contribution in [2.45, 2.75) is 37.6 Å². The molecule has 0 aliphatic carbocycles. The molecule has 9 heteroatoms. The maximum absolute atomic E-state index is 13.6. The summed E-state index contributed by atoms with van der Waals surface area (Å²) in [6.45, 7) is 1.62. The van der Waals surface area contributed by atoms with E-state index in [1.54, 1.807) is 30.5 Å². The van der Waals surface area contributed by atoms with Gasteiger partial charge in [0, 0.05) is 24.9 Å². The normalized spacial score (nSPS) is 16.3. The molecule has 1 atom stereocenters. The Kier molecular flexibility index (Phi) is 7.83. The summed E-state index contributed by atoms with van der Waals surface area (Å²) in [7, 11) is 0. The van der Waals surface area contributed by atoms with Gasteiger partial charge in [0.1, 0.15) is 16.7 Å². The number of aromatic amines is 1. The van der Waals surface area contributed by atoms with E-state index in [0.717, 1.165) is 22.8 Å². The van der Waals surface area contributed by atoms with Crippen LogP contribution in [0, 0.1) is 5.82 Å². The molecule has 0 saturated carbocycles. The Balaban J connectivity index is 1.34. The van der Waals surface area contributed by atoms with Crippen molar-refractivity contribution < 1.29 is 18.7 Å². The zero-order chi connectivity index (χ0) is 26.5. The van der Waals surface area contributed by atoms with E-state index in [-0.39, 0.29) is 24.0 Å². The molecular formula is C29H28ClFN4O3. The summed E-state index contributed by atoms with van der Waals surface area (Å²) in [5.41, 5.74) is 1.46. The molecule has 5 rings (SSSR count). The second kappa shape index (κ2) is 11.4. The van der Waals surface area contributed by atoms with E-state index >= 15 is 0 Å². The van der Waals surface area contributed by atoms with Crippen LogP contribution >= 0.6 is 11.6 Å². The van der Waals surface area contributed by atoms with Crippen LogP contribution in [-0.4, -0.2) is 51.9 Å². The Bertz CT molecular complexity index is 1400. The summed E-state index contributed by atoms with van der Waals surface area (Å²) in [5, 5.41) is 4.03. The van der Waals surface area contributed by atoms with Gasteiger partial charge in [0.05, 0.1) is 24.4 Å². The molecule has 4 aromatic rings. The van der Waals surface area contributed by atoms with Gasteiger partial charge in [0.15, 0.2) is 11.9 Å². The highest BCUT2D eigenvalue weighted by molar-refractivity contribution is 6.30. The van der Waals surface area contributed by atoms with Crippen molar-refractivity contribution in [3.8, 4) is 0 Å². The minimum Gasteiger partial charge on any atom is -0.373 e. The SMILES string of the molecule is O=C[C@@](Cc1ccc(F)cc1)(NC(=O)c1cc2cc(Cl)ncc2[nH]1)N1CCC(OCc2ccccc2)CC1. The number of halogens is 2. The second-order valence-corrected chi connectivity index (χ2v) is 9.95. The number of fused-ring (bicyclic) bond motifs is 1. The van der Waals surface area contributed by atoms with Gasteiger partial charge >= 0.3 is 0 Å². The number of ether oxygens (including phenoxy) is 1. The van der Waals surface area contributed by atoms with Crippen molar-refractivity contribution in [3.63, 3.8) is 0 Å². The number of pyridine rings is 1. The Hall–Kier alpha value is -3.59. The van der Waals surface area contributed by atoms with Crippen LogP contribution in [0.1, 0.15) is 34.5 Å². The lowest BCUT2D eigenvalue weighted by Gasteiger charge is -2.44. The summed E-state index contributed by atoms with van der Waals surface area (Å²) in [5.74, 6) is -0.801. The van der Waals surface area contributed by atoms with Crippen molar-refractivity contribution in [3.05, 3.63) is 101 Å². The lowest BCUT2D eigenvalue weighted by Crippen LogP contribution is -2.65. The summed E-state index contributed by atoms with van der Waals surface area (Å²) in [6.07, 6.45) is 3.98. The number of piperidine rings is 1. The van der Waals surface area contributed by atoms with Gasteiger partial charge in [-0.05, 0) is 48.2 Å². The lowest BCUT2D eigenvalue weighted by atomic mass is 9.95. The molecule has 1 fully saturated rings. The molecule has 2 aromatic heterocycles. The number of hydrogen-bond donors (Lipinski definition) is 2. The molecule has 1 saturated heterocycles. The van der Waals surface area contributed by atoms with Crippen LogP contribution in [-0.2, 0) is 22.6 Å². The first-order valence-electron chi connectivity index (χ1n) is 12.5. The molecule has 0 unspecified atom stereocenters. The molecule has 2 N–H and O–H groups in total. The van der Waals surface area contributed by atoms with E-state index in [2.05, 4.69) is 15.3 Å². The topological polar surface area (TPSA) is 87.3 Å². The molecular weight excluding hydrogens is 507 g/mol. The Labute approximate surface area is 225 Å². The van der Waals surface area contributed by atoms with Crippen molar-refractivity contribution in [1.82, 2.24) is 20.2 Å². The summed E-state index contributed by atoms with van der Waals surface area (Å²) in [6, 6.07) is 19.3. The predicted molar refractivity (Wildman–Crippen MR) is 143 cm³/mol. The monoisotopic (exact) mass is 534 g/mol. The van der Waals surface area contributed by atoms with Crippen LogP contribution in [0.4, 0.5) is 4.39 Å². The molecule has 0 radical (unpaired) electrons. The Morgan fingerprint density at radius 1 is 1.13 bits per heavy atom. The Morgan fingerprint density at radius 2 is 1.87 bits per heavy atom. The summed E-state index contributed by atoms with van der Waals surface area (Å²) < 4.78 is 19.7. The number of nitrogens with zero attached hydrogens (tertiary/aromatic N) is 2. The molecule has 0 bridgehead atoms. The largest absolute Gasteiger partial charge is 0.373 e. The fourth-order valence-electron chi connectivity index (χ4n) is 4.89. The fraction of sp³-hybridized carbons (Fsp3) is 0.276. The quantitative estimate of drug-likeness (QED) is 0.235. The molecule has 0 spiro atoms. The minimum absolute atomic E-state index is 0.0447. The molecule has 1 aliphatic heterocycles. The first-order chi connectivity index (χ1) is 18.4. The molecule has 1 aliphatic rings. The number of amides is 1. The highest BCUT2D eigenvalue weighted by atomic mass is 35.5. The highest BCUT2D eigenvalue weighted by Gasteiger charge is 2.41. The average molecular weight is 535 g/mol. The zero-order valence-corrected chi connectivity index (χ0v) is 21.5. The molecule has 196 valence electrons. The first kappa shape index (κ1) is 26.0. The molecule has 3 heterocycles. The standard InChI is InChI=1S/C29H28ClFN4O3/c30-27-15-22-14-25(33-26(22)17-32-27)28(37)34-29(19-36,16-20-6-8-23(31)9-7-20)35-12-10-24(11-13-35)38-18-21-4-2-1-3-5-21/h1-9,14-15,17,19,24,33H,10-13,16,18H2,(H,34,37)/t29-/m0/s1. The van der Waals surface area contributed by atoms with E-state index < -0.39 is 11.6 Å². The van der Waals surface area contributed by atoms with Gasteiger partial charge in [0.25, 0.3) is 5.91 Å². The van der Waals surface area contributed by atoms with E-state index in [1.807, 2.05) is 35.2 Å². The Morgan fingerprint density at radius 3 is 2.58 bits per heavy atom. The number of carbonyl (C=O) groups excluding carboxylic acids is 2. The molecule has 7 nitrogen and oxygen atoms in total. The van der Waals surface area contributed by atoms with Crippen LogP contribution in [0.3, 0.4) is 0 Å². The third kappa shape index (κ3) is 5.93. The van der Waals surface area contributed by atoms with Gasteiger partial charge in [0.2, 0.25) is 0 Å². The van der Waals surface area contributed by atoms with Gasteiger partial charge in [-0.25, -0.2) is 9.37 Å². The second-order valence-electron chi connectivity index (χ2n) is 9.56. The highest BCUT2D eigenvalue weighted by Crippen LogP contribution is 2.26. The average Bonchev–Trinajstić information content (AvgIpc) is 3.37. The van der Waals surface area contributed by atoms with Crippen LogP contribution in [0.25, 0.3) is 10.9 Å². The number of H-pyrrole nitrogens is 1. The number of likely N-dealkylation sites (tertiary alicyclic amines) is 1. The van der Waals surface area contributed by atoms with E-state index in [0.29, 0.717) is 43.2 Å². The maximum Gasteiger partial charge on any atom is 0.269 e. The number of benzene rings is 2. The van der Waals surface area contributed by atoms with Crippen LogP contribution < -0.4 is 5.32 Å². The van der Waals surface area contributed by atoms with Gasteiger partial charge < -0.3 is 15.0 Å². The van der Waals surface area contributed by atoms with Crippen molar-refractivity contribution in [1.29, 1.82) is 0 Å². The van der Waals surface area contributed by atoms with Gasteiger partial charge in [-0.1, -0.05) is 54.1 Å². The fourth-order valence-corrected chi connectivity index (χ4v) is 5.06. The third-order valence-electron chi connectivity index (χ3n) is 6.96. The van der Waals surface area contributed by atoms with Crippen molar-refractivity contribution >= 4 is 34.7 Å². The maximum atomic E-state index is 13.6. The smallest absolute Gasteiger partial charge is 0.269 e. The summed E-state index contributed by atoms with van der Waals surface area (Å²) >= 11 is 5.99. The molecule has 2 aromatic carbocycles. The zero-order valence-electron chi connectivity index (χ0n) is 20.7. The van der Waals surface area contributed by atoms with Crippen LogP contribution in [0.15, 0.2) is 72.9 Å². The third-order valence-corrected chi connectivity index (χ3v) is 7.17. The van der Waals surface area contributed by atoms with Crippen molar-refractivity contribution in [2.75, 3.05) is 13.1 Å². The number of aromatic nitrogens is 2.